The fourth-order valence-corrected chi connectivity index (χ4v) is 3.65. The fraction of sp³-hybridized carbons (Fsp3) is 0.0909. The molecule has 29 heavy (non-hydrogen) atoms. The number of anilines is 2. The minimum absolute atomic E-state index is 0.104. The smallest absolute Gasteiger partial charge is 0.258 e. The Morgan fingerprint density at radius 2 is 1.86 bits per heavy atom. The summed E-state index contributed by atoms with van der Waals surface area (Å²) in [5.41, 5.74) is 4.33. The number of fused-ring (bicyclic) bond motifs is 1. The molecule has 5 nitrogen and oxygen atoms in total. The van der Waals surface area contributed by atoms with Crippen LogP contribution in [0.3, 0.4) is 0 Å². The van der Waals surface area contributed by atoms with Crippen molar-refractivity contribution < 1.29 is 14.0 Å². The lowest BCUT2D eigenvalue weighted by atomic mass is 9.96. The Morgan fingerprint density at radius 1 is 1.10 bits per heavy atom. The molecule has 2 aromatic carbocycles. The molecular formula is C22H17ClFN3O2. The van der Waals surface area contributed by atoms with E-state index in [0.717, 1.165) is 11.3 Å². The molecule has 3 N–H and O–H groups in total. The minimum atomic E-state index is -0.580. The zero-order valence-corrected chi connectivity index (χ0v) is 16.4. The first-order valence-corrected chi connectivity index (χ1v) is 9.31. The van der Waals surface area contributed by atoms with Crippen molar-refractivity contribution >= 4 is 45.9 Å². The van der Waals surface area contributed by atoms with Crippen molar-refractivity contribution in [2.45, 2.75) is 13.8 Å². The van der Waals surface area contributed by atoms with Crippen LogP contribution >= 0.6 is 11.6 Å². The van der Waals surface area contributed by atoms with Gasteiger partial charge in [-0.25, -0.2) is 4.39 Å². The average Bonchev–Trinajstić information content (AvgIpc) is 3.17. The van der Waals surface area contributed by atoms with Crippen molar-refractivity contribution in [1.29, 1.82) is 0 Å². The lowest BCUT2D eigenvalue weighted by Gasteiger charge is -2.12. The summed E-state index contributed by atoms with van der Waals surface area (Å²) >= 11 is 5.83. The predicted octanol–water partition coefficient (Wildman–Crippen LogP) is 4.93. The van der Waals surface area contributed by atoms with Gasteiger partial charge in [-0.2, -0.15) is 0 Å². The van der Waals surface area contributed by atoms with Gasteiger partial charge in [0.1, 0.15) is 5.82 Å². The summed E-state index contributed by atoms with van der Waals surface area (Å²) < 4.78 is 13.5. The van der Waals surface area contributed by atoms with Crippen LogP contribution in [0.5, 0.6) is 0 Å². The van der Waals surface area contributed by atoms with Crippen LogP contribution in [0, 0.1) is 19.7 Å². The minimum Gasteiger partial charge on any atom is -0.358 e. The Bertz CT molecular complexity index is 1200. The van der Waals surface area contributed by atoms with Gasteiger partial charge in [0.05, 0.1) is 21.9 Å². The first-order valence-electron chi connectivity index (χ1n) is 8.93. The number of aromatic nitrogens is 1. The first kappa shape index (κ1) is 19.0. The van der Waals surface area contributed by atoms with Gasteiger partial charge in [-0.05, 0) is 49.7 Å². The fourth-order valence-electron chi connectivity index (χ4n) is 3.47. The number of benzene rings is 2. The maximum absolute atomic E-state index is 13.5. The summed E-state index contributed by atoms with van der Waals surface area (Å²) in [6.07, 6.45) is 0. The van der Waals surface area contributed by atoms with E-state index in [4.69, 9.17) is 11.6 Å². The lowest BCUT2D eigenvalue weighted by molar-refractivity contribution is -0.112. The highest BCUT2D eigenvalue weighted by Gasteiger charge is 2.32. The van der Waals surface area contributed by atoms with Gasteiger partial charge in [0.15, 0.2) is 0 Å². The number of H-pyrrole nitrogens is 1. The topological polar surface area (TPSA) is 74.0 Å². The van der Waals surface area contributed by atoms with Crippen molar-refractivity contribution in [2.75, 3.05) is 10.6 Å². The number of amides is 2. The van der Waals surface area contributed by atoms with Crippen LogP contribution in [-0.2, 0) is 9.59 Å². The van der Waals surface area contributed by atoms with Gasteiger partial charge < -0.3 is 15.6 Å². The molecule has 7 heteroatoms. The van der Waals surface area contributed by atoms with Gasteiger partial charge in [0.2, 0.25) is 0 Å². The number of aryl methyl sites for hydroxylation is 2. The molecule has 0 aliphatic carbocycles. The van der Waals surface area contributed by atoms with Crippen LogP contribution in [0.1, 0.15) is 22.5 Å². The van der Waals surface area contributed by atoms with E-state index in [1.54, 1.807) is 18.2 Å². The molecule has 0 bridgehead atoms. The molecule has 2 heterocycles. The molecule has 0 atom stereocenters. The monoisotopic (exact) mass is 409 g/mol. The number of carbonyl (C=O) groups is 2. The summed E-state index contributed by atoms with van der Waals surface area (Å²) in [5, 5.41) is 5.42. The van der Waals surface area contributed by atoms with E-state index in [1.165, 1.54) is 18.2 Å². The second-order valence-corrected chi connectivity index (χ2v) is 7.25. The zero-order valence-electron chi connectivity index (χ0n) is 15.7. The molecule has 0 unspecified atom stereocenters. The number of carbonyl (C=O) groups excluding carboxylic acids is 2. The summed E-state index contributed by atoms with van der Waals surface area (Å²) in [7, 11) is 0. The van der Waals surface area contributed by atoms with Crippen molar-refractivity contribution in [3.05, 3.63) is 81.9 Å². The van der Waals surface area contributed by atoms with Crippen LogP contribution in [0.25, 0.3) is 11.1 Å². The van der Waals surface area contributed by atoms with Gasteiger partial charge >= 0.3 is 0 Å². The Labute approximate surface area is 171 Å². The molecule has 0 spiro atoms. The summed E-state index contributed by atoms with van der Waals surface area (Å²) in [5.74, 6) is -1.44. The van der Waals surface area contributed by atoms with Crippen molar-refractivity contribution in [3.8, 4) is 0 Å². The number of hydrogen-bond donors (Lipinski definition) is 3. The van der Waals surface area contributed by atoms with Gasteiger partial charge in [0, 0.05) is 22.6 Å². The highest BCUT2D eigenvalue weighted by Crippen LogP contribution is 2.38. The van der Waals surface area contributed by atoms with E-state index in [9.17, 15) is 14.0 Å². The molecule has 0 radical (unpaired) electrons. The van der Waals surface area contributed by atoms with Crippen LogP contribution in [-0.4, -0.2) is 16.8 Å². The maximum atomic E-state index is 13.5. The molecular weight excluding hydrogens is 393 g/mol. The molecule has 2 amide bonds. The third-order valence-electron chi connectivity index (χ3n) is 4.73. The SMILES string of the molecule is Cc1cc(C)c(/C(C(=O)Nc2ccc(F)c(Cl)c2)=C2/C(=O)Nc3ccccc32)[nH]1. The van der Waals surface area contributed by atoms with E-state index in [0.29, 0.717) is 22.6 Å². The maximum Gasteiger partial charge on any atom is 0.258 e. The Kier molecular flexibility index (Phi) is 4.72. The molecule has 4 rings (SSSR count). The lowest BCUT2D eigenvalue weighted by Crippen LogP contribution is -2.18. The van der Waals surface area contributed by atoms with Crippen LogP contribution in [0.4, 0.5) is 15.8 Å². The van der Waals surface area contributed by atoms with Crippen molar-refractivity contribution in [1.82, 2.24) is 4.98 Å². The van der Waals surface area contributed by atoms with E-state index in [-0.39, 0.29) is 22.1 Å². The van der Waals surface area contributed by atoms with Gasteiger partial charge in [0.25, 0.3) is 11.8 Å². The zero-order chi connectivity index (χ0) is 20.7. The molecule has 1 aliphatic rings. The molecule has 1 aliphatic heterocycles. The Morgan fingerprint density at radius 3 is 2.55 bits per heavy atom. The number of rotatable bonds is 3. The molecule has 0 saturated carbocycles. The van der Waals surface area contributed by atoms with Gasteiger partial charge in [-0.1, -0.05) is 29.8 Å². The van der Waals surface area contributed by atoms with E-state index in [1.807, 2.05) is 26.0 Å². The number of para-hydroxylation sites is 1. The van der Waals surface area contributed by atoms with Gasteiger partial charge in [-0.15, -0.1) is 0 Å². The second kappa shape index (κ2) is 7.22. The van der Waals surface area contributed by atoms with E-state index < -0.39 is 11.7 Å². The highest BCUT2D eigenvalue weighted by molar-refractivity contribution is 6.46. The van der Waals surface area contributed by atoms with E-state index >= 15 is 0 Å². The number of halogens is 2. The second-order valence-electron chi connectivity index (χ2n) is 6.84. The summed E-state index contributed by atoms with van der Waals surface area (Å²) in [4.78, 5) is 29.3. The number of aromatic amines is 1. The normalized spacial score (nSPS) is 14.4. The summed E-state index contributed by atoms with van der Waals surface area (Å²) in [6.45, 7) is 3.74. The number of hydrogen-bond acceptors (Lipinski definition) is 2. The molecule has 1 aromatic heterocycles. The number of nitrogens with one attached hydrogen (secondary N) is 3. The van der Waals surface area contributed by atoms with Crippen LogP contribution < -0.4 is 10.6 Å². The first-order chi connectivity index (χ1) is 13.8. The van der Waals surface area contributed by atoms with Crippen molar-refractivity contribution in [3.63, 3.8) is 0 Å². The standard InChI is InChI=1S/C22H17ClFN3O2/c1-11-9-12(2)25-20(11)19(18-14-5-3-4-6-17(14)27-21(18)28)22(29)26-13-7-8-16(24)15(23)10-13/h3-10,25H,1-2H3,(H,26,29)(H,27,28)/b19-18-. The molecule has 3 aromatic rings. The average molecular weight is 410 g/mol. The quantitative estimate of drug-likeness (QED) is 0.537. The van der Waals surface area contributed by atoms with Crippen molar-refractivity contribution in [2.24, 2.45) is 0 Å². The molecule has 0 saturated heterocycles. The Balaban J connectivity index is 1.88. The highest BCUT2D eigenvalue weighted by atomic mass is 35.5. The van der Waals surface area contributed by atoms with Crippen LogP contribution in [0.15, 0.2) is 48.5 Å². The molecule has 0 fully saturated rings. The third-order valence-corrected chi connectivity index (χ3v) is 5.02. The van der Waals surface area contributed by atoms with E-state index in [2.05, 4.69) is 15.6 Å². The van der Waals surface area contributed by atoms with Crippen LogP contribution in [0.2, 0.25) is 5.02 Å². The summed E-state index contributed by atoms with van der Waals surface area (Å²) in [6, 6.07) is 13.0. The third kappa shape index (κ3) is 3.43. The Hall–Kier alpha value is -3.38. The largest absolute Gasteiger partial charge is 0.358 e. The van der Waals surface area contributed by atoms with Gasteiger partial charge in [-0.3, -0.25) is 9.59 Å². The molecule has 146 valence electrons. The predicted molar refractivity (Wildman–Crippen MR) is 112 cm³/mol.